The van der Waals surface area contributed by atoms with Gasteiger partial charge in [-0.3, -0.25) is 0 Å². The van der Waals surface area contributed by atoms with Gasteiger partial charge in [-0.2, -0.15) is 5.10 Å². The highest BCUT2D eigenvalue weighted by atomic mass is 16.4. The summed E-state index contributed by atoms with van der Waals surface area (Å²) >= 11 is 0. The predicted octanol–water partition coefficient (Wildman–Crippen LogP) is 3.14. The summed E-state index contributed by atoms with van der Waals surface area (Å²) in [6.07, 6.45) is 1.81. The minimum Gasteiger partial charge on any atom is -0.478 e. The second kappa shape index (κ2) is 4.70. The van der Waals surface area contributed by atoms with E-state index in [2.05, 4.69) is 5.10 Å². The van der Waals surface area contributed by atoms with E-state index in [9.17, 15) is 4.79 Å². The summed E-state index contributed by atoms with van der Waals surface area (Å²) in [6, 6.07) is 12.1. The maximum absolute atomic E-state index is 10.8. The first-order valence-corrected chi connectivity index (χ1v) is 6.10. The lowest BCUT2D eigenvalue weighted by Crippen LogP contribution is -1.98. The van der Waals surface area contributed by atoms with Gasteiger partial charge < -0.3 is 9.52 Å². The van der Waals surface area contributed by atoms with Crippen molar-refractivity contribution in [3.8, 4) is 17.1 Å². The van der Waals surface area contributed by atoms with Crippen LogP contribution in [0.4, 0.5) is 0 Å². The van der Waals surface area contributed by atoms with Crippen molar-refractivity contribution in [3.63, 3.8) is 0 Å². The molecule has 0 atom stereocenters. The highest BCUT2D eigenvalue weighted by Gasteiger charge is 2.08. The molecule has 0 aliphatic heterocycles. The molecular weight excluding hydrogens is 256 g/mol. The lowest BCUT2D eigenvalue weighted by atomic mass is 10.2. The van der Waals surface area contributed by atoms with Gasteiger partial charge in [0.1, 0.15) is 11.5 Å². The van der Waals surface area contributed by atoms with Gasteiger partial charge in [0.2, 0.25) is 0 Å². The van der Waals surface area contributed by atoms with Gasteiger partial charge in [-0.15, -0.1) is 0 Å². The Labute approximate surface area is 115 Å². The summed E-state index contributed by atoms with van der Waals surface area (Å²) in [5.41, 5.74) is 1.78. The van der Waals surface area contributed by atoms with Gasteiger partial charge in [0.25, 0.3) is 0 Å². The topological polar surface area (TPSA) is 68.3 Å². The summed E-state index contributed by atoms with van der Waals surface area (Å²) in [6.45, 7) is 1.88. The van der Waals surface area contributed by atoms with Gasteiger partial charge >= 0.3 is 5.97 Å². The maximum Gasteiger partial charge on any atom is 0.335 e. The van der Waals surface area contributed by atoms with E-state index in [1.807, 2.05) is 31.3 Å². The van der Waals surface area contributed by atoms with Crippen LogP contribution in [0.5, 0.6) is 0 Å². The number of hydrogen-bond acceptors (Lipinski definition) is 3. The van der Waals surface area contributed by atoms with E-state index in [4.69, 9.17) is 9.52 Å². The third-order valence-electron chi connectivity index (χ3n) is 2.96. The first-order valence-electron chi connectivity index (χ1n) is 6.10. The second-order valence-electron chi connectivity index (χ2n) is 4.41. The van der Waals surface area contributed by atoms with Crippen LogP contribution < -0.4 is 0 Å². The summed E-state index contributed by atoms with van der Waals surface area (Å²) in [5.74, 6) is 0.604. The highest BCUT2D eigenvalue weighted by molar-refractivity contribution is 5.87. The molecule has 0 amide bonds. The fourth-order valence-corrected chi connectivity index (χ4v) is 1.93. The standard InChI is InChI=1S/C15H12N2O3/c1-10-2-7-14(20-10)13-8-9-17(16-13)12-5-3-11(4-6-12)15(18)19/h2-9H,1H3,(H,18,19). The molecule has 0 radical (unpaired) electrons. The molecule has 1 N–H and O–H groups in total. The molecule has 3 aromatic rings. The number of carbonyl (C=O) groups is 1. The highest BCUT2D eigenvalue weighted by Crippen LogP contribution is 2.21. The van der Waals surface area contributed by atoms with E-state index in [0.29, 0.717) is 5.76 Å². The number of carboxylic acids is 1. The fourth-order valence-electron chi connectivity index (χ4n) is 1.93. The van der Waals surface area contributed by atoms with Gasteiger partial charge in [0, 0.05) is 6.20 Å². The minimum atomic E-state index is -0.941. The molecule has 2 aromatic heterocycles. The zero-order valence-electron chi connectivity index (χ0n) is 10.8. The Morgan fingerprint density at radius 2 is 1.90 bits per heavy atom. The van der Waals surface area contributed by atoms with Crippen LogP contribution in [0.15, 0.2) is 53.1 Å². The molecule has 0 spiro atoms. The van der Waals surface area contributed by atoms with Crippen molar-refractivity contribution in [2.45, 2.75) is 6.92 Å². The second-order valence-corrected chi connectivity index (χ2v) is 4.41. The van der Waals surface area contributed by atoms with E-state index in [0.717, 1.165) is 17.1 Å². The summed E-state index contributed by atoms with van der Waals surface area (Å²) < 4.78 is 7.20. The largest absolute Gasteiger partial charge is 0.478 e. The number of aryl methyl sites for hydroxylation is 1. The van der Waals surface area contributed by atoms with Gasteiger partial charge in [0.15, 0.2) is 5.76 Å². The molecule has 20 heavy (non-hydrogen) atoms. The molecule has 100 valence electrons. The fraction of sp³-hybridized carbons (Fsp3) is 0.0667. The van der Waals surface area contributed by atoms with Crippen molar-refractivity contribution in [3.05, 3.63) is 60.0 Å². The predicted molar refractivity (Wildman–Crippen MR) is 73.0 cm³/mol. The Bertz CT molecular complexity index is 754. The van der Waals surface area contributed by atoms with E-state index in [1.165, 1.54) is 0 Å². The van der Waals surface area contributed by atoms with Crippen LogP contribution in [0.3, 0.4) is 0 Å². The lowest BCUT2D eigenvalue weighted by molar-refractivity contribution is 0.0697. The molecule has 0 bridgehead atoms. The number of hydrogen-bond donors (Lipinski definition) is 1. The van der Waals surface area contributed by atoms with Gasteiger partial charge in [0.05, 0.1) is 11.3 Å². The van der Waals surface area contributed by atoms with Crippen molar-refractivity contribution < 1.29 is 14.3 Å². The molecule has 0 aliphatic carbocycles. The number of rotatable bonds is 3. The third-order valence-corrected chi connectivity index (χ3v) is 2.96. The van der Waals surface area contributed by atoms with Crippen LogP contribution in [-0.2, 0) is 0 Å². The number of aromatic nitrogens is 2. The van der Waals surface area contributed by atoms with Crippen LogP contribution >= 0.6 is 0 Å². The number of aromatic carboxylic acids is 1. The van der Waals surface area contributed by atoms with E-state index in [-0.39, 0.29) is 5.56 Å². The molecule has 3 rings (SSSR count). The SMILES string of the molecule is Cc1ccc(-c2ccn(-c3ccc(C(=O)O)cc3)n2)o1. The van der Waals surface area contributed by atoms with E-state index in [1.54, 1.807) is 28.9 Å². The number of nitrogens with zero attached hydrogens (tertiary/aromatic N) is 2. The molecule has 5 heteroatoms. The van der Waals surface area contributed by atoms with Crippen molar-refractivity contribution in [2.75, 3.05) is 0 Å². The molecule has 2 heterocycles. The Hall–Kier alpha value is -2.82. The zero-order chi connectivity index (χ0) is 14.1. The van der Waals surface area contributed by atoms with Gasteiger partial charge in [-0.25, -0.2) is 9.48 Å². The number of furan rings is 1. The van der Waals surface area contributed by atoms with Gasteiger partial charge in [-0.1, -0.05) is 0 Å². The average Bonchev–Trinajstić information content (AvgIpc) is 3.07. The quantitative estimate of drug-likeness (QED) is 0.792. The first kappa shape index (κ1) is 12.2. The molecule has 0 saturated heterocycles. The molecule has 0 aliphatic rings. The average molecular weight is 268 g/mol. The Kier molecular flexibility index (Phi) is 2.87. The van der Waals surface area contributed by atoms with Crippen LogP contribution in [0.1, 0.15) is 16.1 Å². The molecule has 0 fully saturated rings. The third kappa shape index (κ3) is 2.21. The van der Waals surface area contributed by atoms with Gasteiger partial charge in [-0.05, 0) is 49.4 Å². The minimum absolute atomic E-state index is 0.253. The van der Waals surface area contributed by atoms with Crippen LogP contribution in [-0.4, -0.2) is 20.9 Å². The van der Waals surface area contributed by atoms with E-state index < -0.39 is 5.97 Å². The zero-order valence-corrected chi connectivity index (χ0v) is 10.8. The lowest BCUT2D eigenvalue weighted by Gasteiger charge is -2.01. The summed E-state index contributed by atoms with van der Waals surface area (Å²) in [7, 11) is 0. The van der Waals surface area contributed by atoms with Crippen molar-refractivity contribution in [2.24, 2.45) is 0 Å². The first-order chi connectivity index (χ1) is 9.63. The van der Waals surface area contributed by atoms with Crippen molar-refractivity contribution >= 4 is 5.97 Å². The van der Waals surface area contributed by atoms with Crippen LogP contribution in [0, 0.1) is 6.92 Å². The molecule has 0 saturated carbocycles. The van der Waals surface area contributed by atoms with Crippen LogP contribution in [0.25, 0.3) is 17.1 Å². The molecule has 1 aromatic carbocycles. The monoisotopic (exact) mass is 268 g/mol. The Balaban J connectivity index is 1.91. The van der Waals surface area contributed by atoms with Crippen molar-refractivity contribution in [1.82, 2.24) is 9.78 Å². The van der Waals surface area contributed by atoms with Crippen molar-refractivity contribution in [1.29, 1.82) is 0 Å². The summed E-state index contributed by atoms with van der Waals surface area (Å²) in [5, 5.41) is 13.3. The smallest absolute Gasteiger partial charge is 0.335 e. The maximum atomic E-state index is 10.8. The molecule has 0 unspecified atom stereocenters. The van der Waals surface area contributed by atoms with Crippen LogP contribution in [0.2, 0.25) is 0 Å². The van der Waals surface area contributed by atoms with E-state index >= 15 is 0 Å². The molecular formula is C15H12N2O3. The number of benzene rings is 1. The summed E-state index contributed by atoms with van der Waals surface area (Å²) in [4.78, 5) is 10.8. The number of carboxylic acid groups (broad SMARTS) is 1. The molecule has 5 nitrogen and oxygen atoms in total. The Morgan fingerprint density at radius 1 is 1.15 bits per heavy atom. The normalized spacial score (nSPS) is 10.7. The Morgan fingerprint density at radius 3 is 2.50 bits per heavy atom.